The van der Waals surface area contributed by atoms with E-state index in [0.717, 1.165) is 22.4 Å². The summed E-state index contributed by atoms with van der Waals surface area (Å²) in [6.45, 7) is 1.78. The molecule has 0 aliphatic carbocycles. The van der Waals surface area contributed by atoms with Crippen LogP contribution in [-0.4, -0.2) is 15.9 Å². The van der Waals surface area contributed by atoms with Gasteiger partial charge in [0.15, 0.2) is 0 Å². The van der Waals surface area contributed by atoms with Crippen LogP contribution in [0, 0.1) is 6.92 Å². The molecule has 5 heteroatoms. The maximum atomic E-state index is 12.7. The summed E-state index contributed by atoms with van der Waals surface area (Å²) >= 11 is 0. The van der Waals surface area contributed by atoms with Crippen molar-refractivity contribution < 1.29 is 9.21 Å². The van der Waals surface area contributed by atoms with Crippen LogP contribution in [0.15, 0.2) is 71.3 Å². The van der Waals surface area contributed by atoms with Crippen LogP contribution in [0.4, 0.5) is 0 Å². The van der Waals surface area contributed by atoms with Crippen LogP contribution in [0.1, 0.15) is 33.5 Å². The van der Waals surface area contributed by atoms with E-state index in [9.17, 15) is 4.79 Å². The van der Waals surface area contributed by atoms with Gasteiger partial charge in [-0.2, -0.15) is 0 Å². The number of rotatable bonds is 5. The molecule has 0 aliphatic rings. The second-order valence-electron chi connectivity index (χ2n) is 6.25. The number of benzene rings is 2. The lowest BCUT2D eigenvalue weighted by Crippen LogP contribution is -2.30. The SMILES string of the molecule is Cc1occc1C(=O)N[C@H](Cc1ccccc1)c1nc2ccccc2[nH]1. The molecule has 1 amide bonds. The lowest BCUT2D eigenvalue weighted by Gasteiger charge is -2.17. The van der Waals surface area contributed by atoms with Crippen molar-refractivity contribution in [1.82, 2.24) is 15.3 Å². The number of carbonyl (C=O) groups excluding carboxylic acids is 1. The van der Waals surface area contributed by atoms with E-state index in [1.165, 1.54) is 6.26 Å². The average Bonchev–Trinajstić information content (AvgIpc) is 3.28. The topological polar surface area (TPSA) is 70.9 Å². The third-order valence-corrected chi connectivity index (χ3v) is 4.43. The minimum Gasteiger partial charge on any atom is -0.469 e. The van der Waals surface area contributed by atoms with Crippen LogP contribution in [0.25, 0.3) is 11.0 Å². The van der Waals surface area contributed by atoms with E-state index in [0.29, 0.717) is 17.7 Å². The van der Waals surface area contributed by atoms with E-state index in [1.54, 1.807) is 13.0 Å². The Morgan fingerprint density at radius 3 is 2.62 bits per heavy atom. The standard InChI is InChI=1S/C21H19N3O2/c1-14-16(11-12-26-14)21(25)24-19(13-15-7-3-2-4-8-15)20-22-17-9-5-6-10-18(17)23-20/h2-12,19H,13H2,1H3,(H,22,23)(H,24,25)/t19-/m1/s1. The summed E-state index contributed by atoms with van der Waals surface area (Å²) in [7, 11) is 0. The number of aromatic amines is 1. The summed E-state index contributed by atoms with van der Waals surface area (Å²) in [6, 6.07) is 19.3. The molecule has 2 N–H and O–H groups in total. The highest BCUT2D eigenvalue weighted by Gasteiger charge is 2.21. The number of amides is 1. The molecule has 0 aliphatic heterocycles. The molecule has 26 heavy (non-hydrogen) atoms. The van der Waals surface area contributed by atoms with Gasteiger partial charge in [-0.25, -0.2) is 4.98 Å². The number of hydrogen-bond acceptors (Lipinski definition) is 3. The molecule has 0 saturated heterocycles. The largest absolute Gasteiger partial charge is 0.469 e. The van der Waals surface area contributed by atoms with E-state index in [2.05, 4.69) is 15.3 Å². The van der Waals surface area contributed by atoms with Crippen molar-refractivity contribution in [3.05, 3.63) is 89.6 Å². The predicted molar refractivity (Wildman–Crippen MR) is 99.9 cm³/mol. The van der Waals surface area contributed by atoms with Crippen molar-refractivity contribution in [2.45, 2.75) is 19.4 Å². The Morgan fingerprint density at radius 2 is 1.88 bits per heavy atom. The van der Waals surface area contributed by atoms with Crippen LogP contribution < -0.4 is 5.32 Å². The third kappa shape index (κ3) is 3.24. The normalized spacial score (nSPS) is 12.2. The second kappa shape index (κ2) is 6.88. The van der Waals surface area contributed by atoms with E-state index < -0.39 is 0 Å². The lowest BCUT2D eigenvalue weighted by atomic mass is 10.0. The number of nitrogens with zero attached hydrogens (tertiary/aromatic N) is 1. The first-order valence-corrected chi connectivity index (χ1v) is 8.54. The summed E-state index contributed by atoms with van der Waals surface area (Å²) in [4.78, 5) is 20.7. The number of aryl methyl sites for hydroxylation is 1. The first-order chi connectivity index (χ1) is 12.7. The molecule has 4 rings (SSSR count). The summed E-state index contributed by atoms with van der Waals surface area (Å²) in [5.74, 6) is 1.17. The molecule has 0 unspecified atom stereocenters. The number of hydrogen-bond donors (Lipinski definition) is 2. The number of H-pyrrole nitrogens is 1. The summed E-state index contributed by atoms with van der Waals surface area (Å²) < 4.78 is 5.25. The average molecular weight is 345 g/mol. The molecule has 1 atom stereocenters. The molecule has 2 aromatic heterocycles. The van der Waals surface area contributed by atoms with Gasteiger partial charge in [0, 0.05) is 0 Å². The maximum Gasteiger partial charge on any atom is 0.255 e. The number of carbonyl (C=O) groups is 1. The Bertz CT molecular complexity index is 1000. The van der Waals surface area contributed by atoms with Crippen molar-refractivity contribution in [1.29, 1.82) is 0 Å². The molecule has 0 saturated carbocycles. The summed E-state index contributed by atoms with van der Waals surface area (Å²) in [5.41, 5.74) is 3.50. The van der Waals surface area contributed by atoms with Gasteiger partial charge in [0.05, 0.1) is 28.9 Å². The molecule has 0 radical (unpaired) electrons. The molecular weight excluding hydrogens is 326 g/mol. The Labute approximate surface area is 151 Å². The molecule has 0 spiro atoms. The van der Waals surface area contributed by atoms with Gasteiger partial charge < -0.3 is 14.7 Å². The number of aromatic nitrogens is 2. The van der Waals surface area contributed by atoms with Crippen molar-refractivity contribution in [3.63, 3.8) is 0 Å². The van der Waals surface area contributed by atoms with Gasteiger partial charge in [0.1, 0.15) is 11.6 Å². The molecule has 0 fully saturated rings. The van der Waals surface area contributed by atoms with E-state index in [4.69, 9.17) is 4.42 Å². The lowest BCUT2D eigenvalue weighted by molar-refractivity contribution is 0.0933. The first-order valence-electron chi connectivity index (χ1n) is 8.54. The van der Waals surface area contributed by atoms with Crippen molar-refractivity contribution >= 4 is 16.9 Å². The highest BCUT2D eigenvalue weighted by molar-refractivity contribution is 5.95. The molecule has 4 aromatic rings. The highest BCUT2D eigenvalue weighted by Crippen LogP contribution is 2.21. The fourth-order valence-electron chi connectivity index (χ4n) is 3.06. The molecular formula is C21H19N3O2. The number of para-hydroxylation sites is 2. The van der Waals surface area contributed by atoms with E-state index >= 15 is 0 Å². The molecule has 130 valence electrons. The van der Waals surface area contributed by atoms with Crippen molar-refractivity contribution in [2.24, 2.45) is 0 Å². The fourth-order valence-corrected chi connectivity index (χ4v) is 3.06. The predicted octanol–water partition coefficient (Wildman–Crippen LogP) is 4.18. The first kappa shape index (κ1) is 16.1. The van der Waals surface area contributed by atoms with Crippen molar-refractivity contribution in [2.75, 3.05) is 0 Å². The van der Waals surface area contributed by atoms with Gasteiger partial charge in [-0.15, -0.1) is 0 Å². The second-order valence-corrected chi connectivity index (χ2v) is 6.25. The van der Waals surface area contributed by atoms with Crippen LogP contribution in [0.2, 0.25) is 0 Å². The number of fused-ring (bicyclic) bond motifs is 1. The van der Waals surface area contributed by atoms with Gasteiger partial charge in [-0.05, 0) is 37.1 Å². The van der Waals surface area contributed by atoms with E-state index in [1.807, 2.05) is 54.6 Å². The zero-order chi connectivity index (χ0) is 17.9. The van der Waals surface area contributed by atoms with Crippen LogP contribution in [0.5, 0.6) is 0 Å². The van der Waals surface area contributed by atoms with Crippen LogP contribution >= 0.6 is 0 Å². The fraction of sp³-hybridized carbons (Fsp3) is 0.143. The number of furan rings is 1. The molecule has 5 nitrogen and oxygen atoms in total. The number of imidazole rings is 1. The minimum atomic E-state index is -0.272. The van der Waals surface area contributed by atoms with Gasteiger partial charge >= 0.3 is 0 Å². The molecule has 0 bridgehead atoms. The van der Waals surface area contributed by atoms with Crippen LogP contribution in [-0.2, 0) is 6.42 Å². The molecule has 2 aromatic carbocycles. The third-order valence-electron chi connectivity index (χ3n) is 4.43. The van der Waals surface area contributed by atoms with Gasteiger partial charge in [0.2, 0.25) is 0 Å². The smallest absolute Gasteiger partial charge is 0.255 e. The maximum absolute atomic E-state index is 12.7. The minimum absolute atomic E-state index is 0.169. The summed E-state index contributed by atoms with van der Waals surface area (Å²) in [5, 5.41) is 3.09. The Kier molecular flexibility index (Phi) is 4.27. The van der Waals surface area contributed by atoms with Crippen molar-refractivity contribution in [3.8, 4) is 0 Å². The van der Waals surface area contributed by atoms with Gasteiger partial charge in [-0.1, -0.05) is 42.5 Å². The molecule has 2 heterocycles. The Balaban J connectivity index is 1.66. The Hall–Kier alpha value is -3.34. The van der Waals surface area contributed by atoms with Crippen LogP contribution in [0.3, 0.4) is 0 Å². The van der Waals surface area contributed by atoms with Gasteiger partial charge in [0.25, 0.3) is 5.91 Å². The highest BCUT2D eigenvalue weighted by atomic mass is 16.3. The Morgan fingerprint density at radius 1 is 1.12 bits per heavy atom. The number of nitrogens with one attached hydrogen (secondary N) is 2. The quantitative estimate of drug-likeness (QED) is 0.570. The zero-order valence-electron chi connectivity index (χ0n) is 14.4. The zero-order valence-corrected chi connectivity index (χ0v) is 14.4. The monoisotopic (exact) mass is 345 g/mol. The van der Waals surface area contributed by atoms with Gasteiger partial charge in [-0.3, -0.25) is 4.79 Å². The summed E-state index contributed by atoms with van der Waals surface area (Å²) in [6.07, 6.45) is 2.17. The van der Waals surface area contributed by atoms with E-state index in [-0.39, 0.29) is 11.9 Å².